The Bertz CT molecular complexity index is 1970. The molecule has 5 N–H and O–H groups in total. The molecular weight excluding hydrogens is 719 g/mol. The van der Waals surface area contributed by atoms with Crippen molar-refractivity contribution in [3.8, 4) is 11.1 Å². The number of nitrogens with two attached hydrogens (primary N) is 1. The Balaban J connectivity index is 1.00. The summed E-state index contributed by atoms with van der Waals surface area (Å²) in [4.78, 5) is 25.0. The van der Waals surface area contributed by atoms with E-state index in [0.29, 0.717) is 37.2 Å². The third-order valence-corrected chi connectivity index (χ3v) is 11.4. The van der Waals surface area contributed by atoms with E-state index in [1.54, 1.807) is 35.2 Å². The monoisotopic (exact) mass is 765 g/mol. The molecule has 10 nitrogen and oxygen atoms in total. The average Bonchev–Trinajstić information content (AvgIpc) is 3.63. The Morgan fingerprint density at radius 3 is 2.28 bits per heavy atom. The molecule has 0 spiro atoms. The average molecular weight is 766 g/mol. The van der Waals surface area contributed by atoms with Gasteiger partial charge in [-0.2, -0.15) is 0 Å². The number of rotatable bonds is 17. The first-order valence-electron chi connectivity index (χ1n) is 18.4. The number of nitrogen functional groups attached to an aromatic ring is 1. The molecule has 3 atom stereocenters. The highest BCUT2D eigenvalue weighted by molar-refractivity contribution is 8.01. The Morgan fingerprint density at radius 1 is 0.852 bits per heavy atom. The number of ether oxygens (including phenoxy) is 2. The molecule has 0 aliphatic carbocycles. The van der Waals surface area contributed by atoms with Gasteiger partial charge in [0.15, 0.2) is 10.6 Å². The highest BCUT2D eigenvalue weighted by Gasteiger charge is 2.32. The van der Waals surface area contributed by atoms with Crippen LogP contribution in [0.2, 0.25) is 0 Å². The normalized spacial score (nSPS) is 16.9. The number of hydrogen-bond acceptors (Lipinski definition) is 10. The van der Waals surface area contributed by atoms with Crippen molar-refractivity contribution in [2.45, 2.75) is 87.9 Å². The summed E-state index contributed by atoms with van der Waals surface area (Å²) in [5, 5.41) is 24.8. The Kier molecular flexibility index (Phi) is 14.2. The van der Waals surface area contributed by atoms with Crippen molar-refractivity contribution in [3.05, 3.63) is 124 Å². The van der Waals surface area contributed by atoms with Gasteiger partial charge in [-0.3, -0.25) is 9.59 Å². The molecule has 1 fully saturated rings. The number of thioether (sulfide) groups is 1. The van der Waals surface area contributed by atoms with E-state index in [0.717, 1.165) is 74.2 Å². The smallest absolute Gasteiger partial charge is 0.224 e. The van der Waals surface area contributed by atoms with Gasteiger partial charge in [-0.1, -0.05) is 121 Å². The number of nitrogens with one attached hydrogen (secondary N) is 2. The van der Waals surface area contributed by atoms with Gasteiger partial charge < -0.3 is 30.9 Å². The molecule has 6 rings (SSSR count). The third kappa shape index (κ3) is 11.2. The van der Waals surface area contributed by atoms with Crippen molar-refractivity contribution >= 4 is 46.3 Å². The summed E-state index contributed by atoms with van der Waals surface area (Å²) in [6, 6.07) is 31.5. The summed E-state index contributed by atoms with van der Waals surface area (Å²) in [7, 11) is 0. The number of unbranched alkanes of at least 4 members (excludes halogenated alkanes) is 3. The Labute approximate surface area is 324 Å². The SMILES string of the molecule is Cc1nnc(SC[C@@H]2C[C@H](c3ccc(CO)cc3)O[C@H](c3ccc(-c4ccccc4CNC(=O)CCCCCCC(=O)Nc4ccccc4N)cc3)O2)s1. The van der Waals surface area contributed by atoms with Gasteiger partial charge in [0.05, 0.1) is 30.2 Å². The Hall–Kier alpha value is -4.59. The van der Waals surface area contributed by atoms with Crippen LogP contribution in [0, 0.1) is 6.92 Å². The van der Waals surface area contributed by atoms with E-state index in [1.807, 2.05) is 73.7 Å². The summed E-state index contributed by atoms with van der Waals surface area (Å²) in [5.74, 6) is 0.684. The van der Waals surface area contributed by atoms with Gasteiger partial charge in [0.25, 0.3) is 0 Å². The van der Waals surface area contributed by atoms with Crippen LogP contribution in [0.1, 0.15) is 84.6 Å². The number of nitrogens with zero attached hydrogens (tertiary/aromatic N) is 2. The molecule has 2 amide bonds. The molecule has 0 saturated carbocycles. The van der Waals surface area contributed by atoms with Crippen LogP contribution in [0.15, 0.2) is 101 Å². The van der Waals surface area contributed by atoms with Crippen LogP contribution < -0.4 is 16.4 Å². The minimum Gasteiger partial charge on any atom is -0.397 e. The van der Waals surface area contributed by atoms with Crippen LogP contribution in [-0.4, -0.2) is 39.0 Å². The van der Waals surface area contributed by atoms with Gasteiger partial charge in [0.1, 0.15) is 5.01 Å². The molecule has 4 aromatic carbocycles. The van der Waals surface area contributed by atoms with E-state index in [2.05, 4.69) is 39.0 Å². The van der Waals surface area contributed by atoms with Crippen molar-refractivity contribution in [1.29, 1.82) is 0 Å². The number of para-hydroxylation sites is 2. The van der Waals surface area contributed by atoms with Crippen LogP contribution in [0.5, 0.6) is 0 Å². The van der Waals surface area contributed by atoms with Crippen LogP contribution >= 0.6 is 23.1 Å². The minimum atomic E-state index is -0.558. The molecule has 0 bridgehead atoms. The summed E-state index contributed by atoms with van der Waals surface area (Å²) < 4.78 is 14.0. The van der Waals surface area contributed by atoms with Crippen LogP contribution in [0.25, 0.3) is 11.1 Å². The molecule has 1 aliphatic heterocycles. The number of hydrogen-bond donors (Lipinski definition) is 4. The standard InChI is InChI=1S/C42H47N5O5S2/c1-28-46-47-42(54-28)53-27-34-24-38(31-18-16-29(26-48)17-19-31)52-41(51-34)32-22-20-30(21-23-32)35-11-7-6-10-33(35)25-44-39(49)14-4-2-3-5-15-40(50)45-37-13-9-8-12-36(37)43/h6-13,16-23,34,38,41,48H,2-5,14-15,24-27,43H2,1H3,(H,44,49)(H,45,50)/t34-,38+,41+/m0/s1. The number of benzene rings is 4. The Morgan fingerprint density at radius 2 is 1.56 bits per heavy atom. The first kappa shape index (κ1) is 39.1. The number of carbonyl (C=O) groups is 2. The largest absolute Gasteiger partial charge is 0.397 e. The quantitative estimate of drug-likeness (QED) is 0.0415. The zero-order valence-corrected chi connectivity index (χ0v) is 32.0. The number of anilines is 2. The van der Waals surface area contributed by atoms with Gasteiger partial charge in [0, 0.05) is 37.1 Å². The van der Waals surface area contributed by atoms with E-state index in [1.165, 1.54) is 0 Å². The van der Waals surface area contributed by atoms with E-state index in [9.17, 15) is 14.7 Å². The molecule has 1 aliphatic rings. The fraction of sp³-hybridized carbons (Fsp3) is 0.333. The van der Waals surface area contributed by atoms with Gasteiger partial charge in [-0.05, 0) is 59.7 Å². The van der Waals surface area contributed by atoms with Gasteiger partial charge in [-0.15, -0.1) is 10.2 Å². The van der Waals surface area contributed by atoms with Crippen molar-refractivity contribution < 1.29 is 24.2 Å². The lowest BCUT2D eigenvalue weighted by Gasteiger charge is -2.36. The second-order valence-electron chi connectivity index (χ2n) is 13.4. The summed E-state index contributed by atoms with van der Waals surface area (Å²) >= 11 is 3.23. The maximum Gasteiger partial charge on any atom is 0.224 e. The first-order valence-corrected chi connectivity index (χ1v) is 20.2. The molecule has 0 unspecified atom stereocenters. The van der Waals surface area contributed by atoms with Gasteiger partial charge in [-0.25, -0.2) is 0 Å². The lowest BCUT2D eigenvalue weighted by atomic mass is 9.97. The molecular formula is C42H47N5O5S2. The summed E-state index contributed by atoms with van der Waals surface area (Å²) in [6.45, 7) is 2.38. The lowest BCUT2D eigenvalue weighted by molar-refractivity contribution is -0.245. The highest BCUT2D eigenvalue weighted by Crippen LogP contribution is 2.40. The van der Waals surface area contributed by atoms with Crippen molar-refractivity contribution in [2.24, 2.45) is 0 Å². The molecule has 12 heteroatoms. The number of carbonyl (C=O) groups excluding carboxylic acids is 2. The predicted octanol–water partition coefficient (Wildman–Crippen LogP) is 8.52. The van der Waals surface area contributed by atoms with Crippen LogP contribution in [-0.2, 0) is 32.2 Å². The molecule has 1 saturated heterocycles. The zero-order chi connectivity index (χ0) is 37.7. The van der Waals surface area contributed by atoms with Crippen molar-refractivity contribution in [3.63, 3.8) is 0 Å². The lowest BCUT2D eigenvalue weighted by Crippen LogP contribution is -2.31. The number of aryl methyl sites for hydroxylation is 1. The summed E-state index contributed by atoms with van der Waals surface area (Å²) in [6.07, 6.45) is 4.04. The minimum absolute atomic E-state index is 0.00310. The van der Waals surface area contributed by atoms with Crippen LogP contribution in [0.4, 0.5) is 11.4 Å². The number of aliphatic hydroxyl groups is 1. The fourth-order valence-corrected chi connectivity index (χ4v) is 8.19. The highest BCUT2D eigenvalue weighted by atomic mass is 32.2. The molecule has 1 aromatic heterocycles. The third-order valence-electron chi connectivity index (χ3n) is 9.29. The number of amides is 2. The second kappa shape index (κ2) is 19.7. The van der Waals surface area contributed by atoms with E-state index in [4.69, 9.17) is 15.2 Å². The summed E-state index contributed by atoms with van der Waals surface area (Å²) in [5.41, 5.74) is 13.0. The molecule has 0 radical (unpaired) electrons. The van der Waals surface area contributed by atoms with Crippen LogP contribution in [0.3, 0.4) is 0 Å². The molecule has 5 aromatic rings. The second-order valence-corrected chi connectivity index (χ2v) is 15.8. The van der Waals surface area contributed by atoms with Crippen molar-refractivity contribution in [1.82, 2.24) is 15.5 Å². The fourth-order valence-electron chi connectivity index (χ4n) is 6.33. The maximum atomic E-state index is 12.7. The van der Waals surface area contributed by atoms with E-state index >= 15 is 0 Å². The predicted molar refractivity (Wildman–Crippen MR) is 215 cm³/mol. The first-order chi connectivity index (χ1) is 26.3. The van der Waals surface area contributed by atoms with Gasteiger partial charge in [0.2, 0.25) is 11.8 Å². The molecule has 2 heterocycles. The molecule has 282 valence electrons. The zero-order valence-electron chi connectivity index (χ0n) is 30.4. The van der Waals surface area contributed by atoms with E-state index in [-0.39, 0.29) is 30.6 Å². The number of aromatic nitrogens is 2. The van der Waals surface area contributed by atoms with Crippen molar-refractivity contribution in [2.75, 3.05) is 16.8 Å². The van der Waals surface area contributed by atoms with E-state index < -0.39 is 6.29 Å². The molecule has 54 heavy (non-hydrogen) atoms. The topological polar surface area (TPSA) is 149 Å². The number of aliphatic hydroxyl groups excluding tert-OH is 1. The maximum absolute atomic E-state index is 12.7. The van der Waals surface area contributed by atoms with Gasteiger partial charge >= 0.3 is 0 Å².